The first kappa shape index (κ1) is 24.4. The van der Waals surface area contributed by atoms with Crippen LogP contribution in [0.15, 0.2) is 53.4 Å². The fourth-order valence-electron chi connectivity index (χ4n) is 3.01. The molecular weight excluding hydrogens is 422 g/mol. The normalized spacial score (nSPS) is 12.2. The molecule has 0 bridgehead atoms. The Labute approximate surface area is 185 Å². The van der Waals surface area contributed by atoms with E-state index in [0.29, 0.717) is 23.6 Å². The van der Waals surface area contributed by atoms with Crippen LogP contribution in [-0.2, 0) is 31.5 Å². The van der Waals surface area contributed by atoms with Crippen LogP contribution in [-0.4, -0.2) is 31.8 Å². The topological polar surface area (TPSA) is 63.7 Å². The van der Waals surface area contributed by atoms with Gasteiger partial charge in [0.15, 0.2) is 0 Å². The van der Waals surface area contributed by atoms with Gasteiger partial charge in [-0.15, -0.1) is 0 Å². The summed E-state index contributed by atoms with van der Waals surface area (Å²) in [6, 6.07) is 14.1. The highest BCUT2D eigenvalue weighted by Crippen LogP contribution is 2.26. The zero-order valence-corrected chi connectivity index (χ0v) is 19.6. The molecule has 0 aliphatic heterocycles. The van der Waals surface area contributed by atoms with Crippen LogP contribution >= 0.6 is 11.6 Å². The summed E-state index contributed by atoms with van der Waals surface area (Å²) in [5.41, 5.74) is 1.70. The van der Waals surface area contributed by atoms with Gasteiger partial charge in [-0.2, -0.15) is 4.31 Å². The number of esters is 1. The van der Waals surface area contributed by atoms with Crippen LogP contribution in [0.4, 0.5) is 0 Å². The van der Waals surface area contributed by atoms with Crippen LogP contribution < -0.4 is 0 Å². The first-order valence-electron chi connectivity index (χ1n) is 10.1. The average Bonchev–Trinajstić information content (AvgIpc) is 2.68. The third-order valence-electron chi connectivity index (χ3n) is 4.76. The highest BCUT2D eigenvalue weighted by Gasteiger charge is 2.26. The quantitative estimate of drug-likeness (QED) is 0.493. The Morgan fingerprint density at radius 2 is 1.70 bits per heavy atom. The molecule has 0 atom stereocenters. The zero-order valence-electron chi connectivity index (χ0n) is 18.0. The maximum Gasteiger partial charge on any atom is 0.305 e. The number of sulfonamides is 1. The predicted molar refractivity (Wildman–Crippen MR) is 120 cm³/mol. The summed E-state index contributed by atoms with van der Waals surface area (Å²) in [4.78, 5) is 11.9. The van der Waals surface area contributed by atoms with Gasteiger partial charge in [-0.3, -0.25) is 4.79 Å². The molecule has 0 heterocycles. The lowest BCUT2D eigenvalue weighted by molar-refractivity contribution is -0.143. The Morgan fingerprint density at radius 3 is 2.27 bits per heavy atom. The molecule has 0 spiro atoms. The third kappa shape index (κ3) is 6.56. The Morgan fingerprint density at radius 1 is 1.07 bits per heavy atom. The first-order chi connectivity index (χ1) is 14.1. The van der Waals surface area contributed by atoms with Gasteiger partial charge in [0, 0.05) is 24.5 Å². The van der Waals surface area contributed by atoms with E-state index in [1.807, 2.05) is 18.2 Å². The number of rotatable bonds is 9. The number of hydrogen-bond donors (Lipinski definition) is 0. The molecule has 0 aliphatic carbocycles. The van der Waals surface area contributed by atoms with Crippen molar-refractivity contribution in [2.24, 2.45) is 0 Å². The van der Waals surface area contributed by atoms with E-state index in [1.54, 1.807) is 37.3 Å². The number of halogens is 1. The van der Waals surface area contributed by atoms with Crippen LogP contribution in [0.5, 0.6) is 0 Å². The van der Waals surface area contributed by atoms with Crippen molar-refractivity contribution in [2.75, 3.05) is 13.2 Å². The van der Waals surface area contributed by atoms with Crippen molar-refractivity contribution in [3.8, 4) is 0 Å². The SMILES string of the molecule is CCOC(=O)CCCN(Cc1ccccc1Cl)S(=O)(=O)c1ccc(C(C)(C)C)cc1. The summed E-state index contributed by atoms with van der Waals surface area (Å²) < 4.78 is 33.1. The number of hydrogen-bond acceptors (Lipinski definition) is 4. The second-order valence-corrected chi connectivity index (χ2v) is 10.5. The van der Waals surface area contributed by atoms with E-state index in [4.69, 9.17) is 16.3 Å². The Kier molecular flexibility index (Phi) is 8.47. The summed E-state index contributed by atoms with van der Waals surface area (Å²) in [6.45, 7) is 8.61. The third-order valence-corrected chi connectivity index (χ3v) is 6.98. The zero-order chi connectivity index (χ0) is 22.4. The molecule has 2 aromatic carbocycles. The molecule has 0 fully saturated rings. The molecule has 2 aromatic rings. The van der Waals surface area contributed by atoms with Gasteiger partial charge in [0.25, 0.3) is 0 Å². The number of carbonyl (C=O) groups excluding carboxylic acids is 1. The molecule has 0 N–H and O–H groups in total. The second-order valence-electron chi connectivity index (χ2n) is 8.11. The van der Waals surface area contributed by atoms with Gasteiger partial charge < -0.3 is 4.74 Å². The monoisotopic (exact) mass is 451 g/mol. The van der Waals surface area contributed by atoms with Crippen LogP contribution in [0.2, 0.25) is 5.02 Å². The van der Waals surface area contributed by atoms with Crippen LogP contribution in [0.25, 0.3) is 0 Å². The molecule has 0 saturated heterocycles. The molecular formula is C23H30ClNO4S. The lowest BCUT2D eigenvalue weighted by atomic mass is 9.87. The van der Waals surface area contributed by atoms with E-state index in [9.17, 15) is 13.2 Å². The molecule has 0 saturated carbocycles. The molecule has 0 amide bonds. The van der Waals surface area contributed by atoms with Gasteiger partial charge in [-0.1, -0.05) is 62.7 Å². The Hall–Kier alpha value is -1.89. The van der Waals surface area contributed by atoms with E-state index in [1.165, 1.54) is 4.31 Å². The second kappa shape index (κ2) is 10.4. The standard InChI is InChI=1S/C23H30ClNO4S/c1-5-29-22(26)11-8-16-25(17-18-9-6-7-10-21(18)24)30(27,28)20-14-12-19(13-15-20)23(2,3)4/h6-7,9-10,12-15H,5,8,11,16-17H2,1-4H3. The molecule has 0 aromatic heterocycles. The highest BCUT2D eigenvalue weighted by molar-refractivity contribution is 7.89. The Balaban J connectivity index is 2.28. The number of carbonyl (C=O) groups is 1. The van der Waals surface area contributed by atoms with Crippen molar-refractivity contribution in [2.45, 2.75) is 57.4 Å². The smallest absolute Gasteiger partial charge is 0.305 e. The van der Waals surface area contributed by atoms with Crippen molar-refractivity contribution in [3.05, 3.63) is 64.7 Å². The minimum atomic E-state index is -3.77. The van der Waals surface area contributed by atoms with Crippen LogP contribution in [0.3, 0.4) is 0 Å². The van der Waals surface area contributed by atoms with E-state index >= 15 is 0 Å². The molecule has 0 aliphatic rings. The maximum absolute atomic E-state index is 13.4. The van der Waals surface area contributed by atoms with Crippen LogP contribution in [0.1, 0.15) is 51.7 Å². The highest BCUT2D eigenvalue weighted by atomic mass is 35.5. The van der Waals surface area contributed by atoms with E-state index < -0.39 is 10.0 Å². The molecule has 0 radical (unpaired) electrons. The van der Waals surface area contributed by atoms with Crippen molar-refractivity contribution in [1.29, 1.82) is 0 Å². The molecule has 7 heteroatoms. The lowest BCUT2D eigenvalue weighted by Crippen LogP contribution is -2.32. The van der Waals surface area contributed by atoms with Crippen molar-refractivity contribution >= 4 is 27.6 Å². The van der Waals surface area contributed by atoms with E-state index in [-0.39, 0.29) is 35.8 Å². The van der Waals surface area contributed by atoms with Crippen LogP contribution in [0, 0.1) is 0 Å². The fourth-order valence-corrected chi connectivity index (χ4v) is 4.66. The molecule has 164 valence electrons. The molecule has 30 heavy (non-hydrogen) atoms. The maximum atomic E-state index is 13.4. The predicted octanol–water partition coefficient (Wildman–Crippen LogP) is 5.17. The van der Waals surface area contributed by atoms with Gasteiger partial charge in [-0.25, -0.2) is 8.42 Å². The summed E-state index contributed by atoms with van der Waals surface area (Å²) in [5.74, 6) is -0.331. The molecule has 2 rings (SSSR count). The van der Waals surface area contributed by atoms with Crippen molar-refractivity contribution in [3.63, 3.8) is 0 Å². The first-order valence-corrected chi connectivity index (χ1v) is 11.9. The minimum Gasteiger partial charge on any atom is -0.466 e. The summed E-state index contributed by atoms with van der Waals surface area (Å²) in [5, 5.41) is 0.506. The van der Waals surface area contributed by atoms with Gasteiger partial charge in [0.05, 0.1) is 11.5 Å². The number of nitrogens with zero attached hydrogens (tertiary/aromatic N) is 1. The van der Waals surface area contributed by atoms with Gasteiger partial charge in [0.2, 0.25) is 10.0 Å². The van der Waals surface area contributed by atoms with Crippen molar-refractivity contribution in [1.82, 2.24) is 4.31 Å². The number of benzene rings is 2. The van der Waals surface area contributed by atoms with E-state index in [2.05, 4.69) is 20.8 Å². The Bertz CT molecular complexity index is 950. The van der Waals surface area contributed by atoms with Gasteiger partial charge in [-0.05, 0) is 48.1 Å². The average molecular weight is 452 g/mol. The van der Waals surface area contributed by atoms with Gasteiger partial charge in [0.1, 0.15) is 0 Å². The molecule has 5 nitrogen and oxygen atoms in total. The summed E-state index contributed by atoms with van der Waals surface area (Å²) >= 11 is 6.27. The fraction of sp³-hybridized carbons (Fsp3) is 0.435. The molecule has 0 unspecified atom stereocenters. The number of ether oxygens (including phenoxy) is 1. The van der Waals surface area contributed by atoms with E-state index in [0.717, 1.165) is 5.56 Å². The van der Waals surface area contributed by atoms with Crippen molar-refractivity contribution < 1.29 is 17.9 Å². The lowest BCUT2D eigenvalue weighted by Gasteiger charge is -2.24. The largest absolute Gasteiger partial charge is 0.466 e. The van der Waals surface area contributed by atoms with Gasteiger partial charge >= 0.3 is 5.97 Å². The summed E-state index contributed by atoms with van der Waals surface area (Å²) in [6.07, 6.45) is 0.522. The minimum absolute atomic E-state index is 0.0703. The summed E-state index contributed by atoms with van der Waals surface area (Å²) in [7, 11) is -3.77.